The van der Waals surface area contributed by atoms with Crippen LogP contribution < -0.4 is 9.47 Å². The molecule has 0 unspecified atom stereocenters. The number of carbonyl (C=O) groups is 1. The van der Waals surface area contributed by atoms with Gasteiger partial charge in [0.25, 0.3) is 0 Å². The third-order valence-electron chi connectivity index (χ3n) is 2.67. The predicted molar refractivity (Wildman–Crippen MR) is 69.8 cm³/mol. The number of carbonyl (C=O) groups excluding carboxylic acids is 1. The van der Waals surface area contributed by atoms with Gasteiger partial charge in [-0.25, -0.2) is 9.97 Å². The Kier molecular flexibility index (Phi) is 4.07. The average Bonchev–Trinajstić information content (AvgIpc) is 2.48. The molecule has 0 N–H and O–H groups in total. The lowest BCUT2D eigenvalue weighted by Gasteiger charge is -2.09. The van der Waals surface area contributed by atoms with Crippen LogP contribution in [0, 0.1) is 0 Å². The van der Waals surface area contributed by atoms with E-state index in [9.17, 15) is 4.79 Å². The van der Waals surface area contributed by atoms with Crippen LogP contribution >= 0.6 is 0 Å². The summed E-state index contributed by atoms with van der Waals surface area (Å²) in [6.07, 6.45) is 4.31. The Morgan fingerprint density at radius 3 is 2.37 bits per heavy atom. The Morgan fingerprint density at radius 1 is 1.11 bits per heavy atom. The van der Waals surface area contributed by atoms with Crippen molar-refractivity contribution in [2.24, 2.45) is 0 Å². The summed E-state index contributed by atoms with van der Waals surface area (Å²) in [5, 5.41) is 0. The van der Waals surface area contributed by atoms with Gasteiger partial charge >= 0.3 is 0 Å². The molecule has 0 radical (unpaired) electrons. The number of ether oxygens (including phenoxy) is 2. The van der Waals surface area contributed by atoms with Gasteiger partial charge in [-0.2, -0.15) is 0 Å². The first-order chi connectivity index (χ1) is 9.26. The molecule has 2 aromatic rings. The highest BCUT2D eigenvalue weighted by Gasteiger charge is 2.06. The van der Waals surface area contributed by atoms with E-state index in [1.807, 2.05) is 18.2 Å². The summed E-state index contributed by atoms with van der Waals surface area (Å²) >= 11 is 0. The van der Waals surface area contributed by atoms with E-state index >= 15 is 0 Å². The molecule has 0 aliphatic rings. The summed E-state index contributed by atoms with van der Waals surface area (Å²) in [5.74, 6) is 2.01. The van der Waals surface area contributed by atoms with Gasteiger partial charge in [0.2, 0.25) is 0 Å². The highest BCUT2D eigenvalue weighted by atomic mass is 16.5. The molecular formula is C14H14N2O3. The first kappa shape index (κ1) is 13.0. The molecule has 98 valence electrons. The van der Waals surface area contributed by atoms with Gasteiger partial charge in [-0.15, -0.1) is 0 Å². The van der Waals surface area contributed by atoms with Crippen LogP contribution in [-0.4, -0.2) is 30.5 Å². The molecule has 0 atom stereocenters. The van der Waals surface area contributed by atoms with E-state index in [-0.39, 0.29) is 0 Å². The van der Waals surface area contributed by atoms with Crippen LogP contribution in [0.15, 0.2) is 30.6 Å². The number of rotatable bonds is 5. The second-order valence-corrected chi connectivity index (χ2v) is 3.92. The Labute approximate surface area is 111 Å². The van der Waals surface area contributed by atoms with Crippen LogP contribution in [0.3, 0.4) is 0 Å². The molecule has 0 aliphatic carbocycles. The molecular weight excluding hydrogens is 244 g/mol. The molecule has 5 nitrogen and oxygen atoms in total. The predicted octanol–water partition coefficient (Wildman–Crippen LogP) is 1.90. The minimum Gasteiger partial charge on any atom is -0.493 e. The minimum absolute atomic E-state index is 0.469. The topological polar surface area (TPSA) is 61.3 Å². The molecule has 1 heterocycles. The Morgan fingerprint density at radius 2 is 1.79 bits per heavy atom. The first-order valence-electron chi connectivity index (χ1n) is 5.74. The number of methoxy groups -OCH3 is 2. The molecule has 1 aromatic carbocycles. The zero-order chi connectivity index (χ0) is 13.7. The number of aromatic nitrogens is 2. The van der Waals surface area contributed by atoms with Crippen molar-refractivity contribution < 1.29 is 14.3 Å². The lowest BCUT2D eigenvalue weighted by molar-refractivity contribution is 0.112. The lowest BCUT2D eigenvalue weighted by atomic mass is 10.1. The molecule has 0 aliphatic heterocycles. The second kappa shape index (κ2) is 5.95. The zero-order valence-corrected chi connectivity index (χ0v) is 10.8. The van der Waals surface area contributed by atoms with Crippen LogP contribution in [-0.2, 0) is 6.42 Å². The Bertz CT molecular complexity index is 567. The van der Waals surface area contributed by atoms with Crippen LogP contribution in [0.4, 0.5) is 0 Å². The summed E-state index contributed by atoms with van der Waals surface area (Å²) in [4.78, 5) is 18.8. The van der Waals surface area contributed by atoms with Crippen molar-refractivity contribution in [1.82, 2.24) is 9.97 Å². The number of nitrogens with zero attached hydrogens (tertiary/aromatic N) is 2. The Hall–Kier alpha value is -2.43. The summed E-state index contributed by atoms with van der Waals surface area (Å²) in [5.41, 5.74) is 1.48. The maximum absolute atomic E-state index is 10.5. The monoisotopic (exact) mass is 258 g/mol. The highest BCUT2D eigenvalue weighted by Crippen LogP contribution is 2.28. The molecule has 19 heavy (non-hydrogen) atoms. The van der Waals surface area contributed by atoms with Crippen molar-refractivity contribution in [3.05, 3.63) is 47.5 Å². The third kappa shape index (κ3) is 3.07. The summed E-state index contributed by atoms with van der Waals surface area (Å²) < 4.78 is 10.4. The number of hydrogen-bond acceptors (Lipinski definition) is 5. The van der Waals surface area contributed by atoms with Gasteiger partial charge in [0, 0.05) is 18.8 Å². The van der Waals surface area contributed by atoms with Crippen LogP contribution in [0.2, 0.25) is 0 Å². The average molecular weight is 258 g/mol. The molecule has 0 saturated heterocycles. The summed E-state index contributed by atoms with van der Waals surface area (Å²) in [6, 6.07) is 5.65. The molecule has 1 aromatic heterocycles. The SMILES string of the molecule is COc1ccc(Cc2ncc(C=O)cn2)cc1OC. The maximum Gasteiger partial charge on any atom is 0.161 e. The molecule has 0 fully saturated rings. The standard InChI is InChI=1S/C14H14N2O3/c1-18-12-4-3-10(5-13(12)19-2)6-14-15-7-11(9-17)8-16-14/h3-5,7-9H,6H2,1-2H3. The highest BCUT2D eigenvalue weighted by molar-refractivity contribution is 5.73. The third-order valence-corrected chi connectivity index (χ3v) is 2.67. The van der Waals surface area contributed by atoms with Crippen molar-refractivity contribution in [3.63, 3.8) is 0 Å². The normalized spacial score (nSPS) is 10.0. The minimum atomic E-state index is 0.469. The molecule has 0 amide bonds. The number of hydrogen-bond donors (Lipinski definition) is 0. The Balaban J connectivity index is 2.20. The van der Waals surface area contributed by atoms with E-state index in [2.05, 4.69) is 9.97 Å². The van der Waals surface area contributed by atoms with Crippen molar-refractivity contribution in [1.29, 1.82) is 0 Å². The lowest BCUT2D eigenvalue weighted by Crippen LogP contribution is -1.98. The van der Waals surface area contributed by atoms with Gasteiger partial charge in [-0.1, -0.05) is 6.07 Å². The molecule has 0 bridgehead atoms. The van der Waals surface area contributed by atoms with E-state index in [0.29, 0.717) is 29.3 Å². The number of aldehydes is 1. The van der Waals surface area contributed by atoms with Crippen LogP contribution in [0.25, 0.3) is 0 Å². The van der Waals surface area contributed by atoms with Crippen molar-refractivity contribution in [2.75, 3.05) is 14.2 Å². The largest absolute Gasteiger partial charge is 0.493 e. The van der Waals surface area contributed by atoms with Gasteiger partial charge in [-0.3, -0.25) is 4.79 Å². The van der Waals surface area contributed by atoms with E-state index in [1.165, 1.54) is 12.4 Å². The van der Waals surface area contributed by atoms with E-state index in [0.717, 1.165) is 11.8 Å². The summed E-state index contributed by atoms with van der Waals surface area (Å²) in [6.45, 7) is 0. The molecule has 0 spiro atoms. The fourth-order valence-electron chi connectivity index (χ4n) is 1.69. The van der Waals surface area contributed by atoms with E-state index in [4.69, 9.17) is 9.47 Å². The van der Waals surface area contributed by atoms with Crippen molar-refractivity contribution in [2.45, 2.75) is 6.42 Å². The smallest absolute Gasteiger partial charge is 0.161 e. The van der Waals surface area contributed by atoms with Crippen molar-refractivity contribution >= 4 is 6.29 Å². The van der Waals surface area contributed by atoms with Crippen LogP contribution in [0.1, 0.15) is 21.7 Å². The van der Waals surface area contributed by atoms with E-state index in [1.54, 1.807) is 14.2 Å². The van der Waals surface area contributed by atoms with Crippen LogP contribution in [0.5, 0.6) is 11.5 Å². The van der Waals surface area contributed by atoms with Gasteiger partial charge < -0.3 is 9.47 Å². The van der Waals surface area contributed by atoms with Gasteiger partial charge in [0.05, 0.1) is 19.8 Å². The van der Waals surface area contributed by atoms with Gasteiger partial charge in [0.15, 0.2) is 17.8 Å². The molecule has 5 heteroatoms. The number of benzene rings is 1. The second-order valence-electron chi connectivity index (χ2n) is 3.92. The van der Waals surface area contributed by atoms with Crippen molar-refractivity contribution in [3.8, 4) is 11.5 Å². The molecule has 0 saturated carbocycles. The maximum atomic E-state index is 10.5. The van der Waals surface area contributed by atoms with E-state index < -0.39 is 0 Å². The quantitative estimate of drug-likeness (QED) is 0.766. The van der Waals surface area contributed by atoms with Gasteiger partial charge in [-0.05, 0) is 17.7 Å². The fourth-order valence-corrected chi connectivity index (χ4v) is 1.69. The summed E-state index contributed by atoms with van der Waals surface area (Å²) in [7, 11) is 3.19. The first-order valence-corrected chi connectivity index (χ1v) is 5.74. The fraction of sp³-hybridized carbons (Fsp3) is 0.214. The van der Waals surface area contributed by atoms with Gasteiger partial charge in [0.1, 0.15) is 5.82 Å². The molecule has 2 rings (SSSR count). The zero-order valence-electron chi connectivity index (χ0n) is 10.8.